The van der Waals surface area contributed by atoms with E-state index in [-0.39, 0.29) is 27.8 Å². The molecule has 14 atom stereocenters. The molecule has 5 rings (SSSR count). The Kier molecular flexibility index (Phi) is 9.13. The Hall–Kier alpha value is -0.540. The van der Waals surface area contributed by atoms with Crippen LogP contribution < -0.4 is 0 Å². The van der Waals surface area contributed by atoms with Gasteiger partial charge in [-0.05, 0) is 130 Å². The van der Waals surface area contributed by atoms with Gasteiger partial charge in [-0.3, -0.25) is 0 Å². The van der Waals surface area contributed by atoms with Crippen molar-refractivity contribution in [2.24, 2.45) is 45.3 Å². The number of hydrogen-bond donors (Lipinski definition) is 5. The first-order valence-electron chi connectivity index (χ1n) is 17.3. The van der Waals surface area contributed by atoms with Gasteiger partial charge < -0.3 is 35.0 Å². The summed E-state index contributed by atoms with van der Waals surface area (Å²) in [7, 11) is 0. The van der Waals surface area contributed by atoms with Gasteiger partial charge >= 0.3 is 0 Å². The van der Waals surface area contributed by atoms with E-state index in [1.807, 2.05) is 0 Å². The fourth-order valence-electron chi connectivity index (χ4n) is 12.0. The Bertz CT molecular complexity index is 1040. The molecule has 4 saturated carbocycles. The summed E-state index contributed by atoms with van der Waals surface area (Å²) in [6, 6.07) is 0. The van der Waals surface area contributed by atoms with Gasteiger partial charge in [0.15, 0.2) is 6.29 Å². The molecule has 1 heterocycles. The first-order valence-corrected chi connectivity index (χ1v) is 17.3. The molecule has 5 fully saturated rings. The van der Waals surface area contributed by atoms with E-state index in [9.17, 15) is 25.5 Å². The maximum absolute atomic E-state index is 11.8. The first-order chi connectivity index (χ1) is 19.9. The van der Waals surface area contributed by atoms with Gasteiger partial charge in [0.25, 0.3) is 0 Å². The highest BCUT2D eigenvalue weighted by Crippen LogP contribution is 2.76. The number of aliphatic hydroxyl groups is 5. The number of fused-ring (bicyclic) bond motifs is 5. The van der Waals surface area contributed by atoms with Crippen LogP contribution in [0.15, 0.2) is 11.6 Å². The van der Waals surface area contributed by atoms with Crippen LogP contribution in [-0.4, -0.2) is 74.6 Å². The summed E-state index contributed by atoms with van der Waals surface area (Å²) in [4.78, 5) is 0. The molecule has 7 nitrogen and oxygen atoms in total. The maximum Gasteiger partial charge on any atom is 0.184 e. The van der Waals surface area contributed by atoms with Gasteiger partial charge in [0.1, 0.15) is 24.4 Å². The molecule has 0 aromatic heterocycles. The third-order valence-corrected chi connectivity index (χ3v) is 14.5. The highest BCUT2D eigenvalue weighted by Gasteiger charge is 2.69. The number of aliphatic hydroxyl groups excluding tert-OH is 4. The Labute approximate surface area is 260 Å². The zero-order chi connectivity index (χ0) is 31.8. The fourth-order valence-corrected chi connectivity index (χ4v) is 12.0. The summed E-state index contributed by atoms with van der Waals surface area (Å²) in [6.45, 7) is 18.2. The lowest BCUT2D eigenvalue weighted by molar-refractivity contribution is -0.319. The van der Waals surface area contributed by atoms with Crippen LogP contribution in [0.5, 0.6) is 0 Å². The minimum atomic E-state index is -1.40. The Balaban J connectivity index is 1.34. The van der Waals surface area contributed by atoms with E-state index in [0.717, 1.165) is 38.5 Å². The lowest BCUT2D eigenvalue weighted by Gasteiger charge is -2.70. The van der Waals surface area contributed by atoms with Crippen LogP contribution in [0.2, 0.25) is 0 Å². The van der Waals surface area contributed by atoms with Crippen molar-refractivity contribution in [1.29, 1.82) is 0 Å². The first kappa shape index (κ1) is 33.8. The van der Waals surface area contributed by atoms with Crippen LogP contribution in [0.4, 0.5) is 0 Å². The Morgan fingerprint density at radius 1 is 0.884 bits per heavy atom. The summed E-state index contributed by atoms with van der Waals surface area (Å²) in [5, 5.41) is 53.2. The van der Waals surface area contributed by atoms with Crippen LogP contribution >= 0.6 is 0 Å². The molecule has 5 aliphatic rings. The lowest BCUT2D eigenvalue weighted by atomic mass is 9.35. The van der Waals surface area contributed by atoms with Crippen LogP contribution in [0, 0.1) is 45.3 Å². The molecule has 7 heteroatoms. The molecule has 5 N–H and O–H groups in total. The van der Waals surface area contributed by atoms with Gasteiger partial charge in [0.05, 0.1) is 18.3 Å². The number of ether oxygens (including phenoxy) is 2. The fraction of sp³-hybridized carbons (Fsp3) is 0.944. The van der Waals surface area contributed by atoms with Crippen LogP contribution in [0.25, 0.3) is 0 Å². The van der Waals surface area contributed by atoms with Crippen molar-refractivity contribution in [1.82, 2.24) is 0 Å². The Morgan fingerprint density at radius 3 is 2.21 bits per heavy atom. The van der Waals surface area contributed by atoms with E-state index in [2.05, 4.69) is 61.5 Å². The zero-order valence-corrected chi connectivity index (χ0v) is 28.2. The van der Waals surface area contributed by atoms with Crippen molar-refractivity contribution in [3.05, 3.63) is 11.6 Å². The van der Waals surface area contributed by atoms with Crippen molar-refractivity contribution in [2.75, 3.05) is 6.61 Å². The predicted octanol–water partition coefficient (Wildman–Crippen LogP) is 5.35. The average Bonchev–Trinajstić information content (AvgIpc) is 3.28. The van der Waals surface area contributed by atoms with E-state index >= 15 is 0 Å². The van der Waals surface area contributed by atoms with Gasteiger partial charge in [-0.2, -0.15) is 0 Å². The van der Waals surface area contributed by atoms with E-state index in [4.69, 9.17) is 9.47 Å². The van der Waals surface area contributed by atoms with Gasteiger partial charge in [0, 0.05) is 0 Å². The normalized spacial score (nSPS) is 50.6. The molecule has 0 amide bonds. The molecular formula is C36H62O7. The van der Waals surface area contributed by atoms with E-state index in [0.29, 0.717) is 23.7 Å². The topological polar surface area (TPSA) is 120 Å². The quantitative estimate of drug-likeness (QED) is 0.248. The average molecular weight is 607 g/mol. The molecule has 0 aromatic carbocycles. The minimum absolute atomic E-state index is 0.149. The molecule has 4 aliphatic carbocycles. The molecule has 0 bridgehead atoms. The van der Waals surface area contributed by atoms with E-state index < -0.39 is 42.9 Å². The summed E-state index contributed by atoms with van der Waals surface area (Å²) < 4.78 is 11.9. The minimum Gasteiger partial charge on any atom is -0.394 e. The second-order valence-electron chi connectivity index (χ2n) is 17.2. The molecule has 248 valence electrons. The summed E-state index contributed by atoms with van der Waals surface area (Å²) >= 11 is 0. The standard InChI is InChI=1S/C36H62O7/c1-21(2)10-9-16-36(8,41)23-13-18-34(6)22(23)11-12-26-33(5)17-15-27(32(3,4)25(33)14-19-35(26,34)7)43-30-29(39)28(38)24(20-37)42-31(30)40/h10,22-31,37-41H,9,11-20H2,1-8H3/t22-,23+,24-,25+,26-,27?,28-,29+,30-,31?,33+,34-,35-,36+/m1/s1. The number of allylic oxidation sites excluding steroid dienone is 2. The van der Waals surface area contributed by atoms with Crippen LogP contribution in [0.3, 0.4) is 0 Å². The van der Waals surface area contributed by atoms with Crippen molar-refractivity contribution >= 4 is 0 Å². The molecule has 0 aromatic rings. The highest BCUT2D eigenvalue weighted by molar-refractivity contribution is 5.18. The van der Waals surface area contributed by atoms with Crippen molar-refractivity contribution in [2.45, 2.75) is 162 Å². The Morgan fingerprint density at radius 2 is 1.56 bits per heavy atom. The van der Waals surface area contributed by atoms with Crippen molar-refractivity contribution in [3.8, 4) is 0 Å². The molecule has 43 heavy (non-hydrogen) atoms. The summed E-state index contributed by atoms with van der Waals surface area (Å²) in [6.07, 6.45) is 6.53. The zero-order valence-electron chi connectivity index (χ0n) is 28.2. The highest BCUT2D eigenvalue weighted by atomic mass is 16.7. The molecule has 0 radical (unpaired) electrons. The van der Waals surface area contributed by atoms with Crippen LogP contribution in [0.1, 0.15) is 120 Å². The number of hydrogen-bond acceptors (Lipinski definition) is 7. The van der Waals surface area contributed by atoms with Gasteiger partial charge in [0.2, 0.25) is 0 Å². The third-order valence-electron chi connectivity index (χ3n) is 14.5. The molecule has 2 unspecified atom stereocenters. The van der Waals surface area contributed by atoms with E-state index in [1.54, 1.807) is 0 Å². The van der Waals surface area contributed by atoms with Gasteiger partial charge in [-0.25, -0.2) is 0 Å². The summed E-state index contributed by atoms with van der Waals surface area (Å²) in [5.74, 6) is 1.92. The monoisotopic (exact) mass is 606 g/mol. The van der Waals surface area contributed by atoms with Crippen molar-refractivity contribution < 1.29 is 35.0 Å². The molecule has 1 saturated heterocycles. The second kappa shape index (κ2) is 11.6. The summed E-state index contributed by atoms with van der Waals surface area (Å²) in [5.41, 5.74) is 1.05. The molecule has 0 spiro atoms. The third kappa shape index (κ3) is 5.29. The van der Waals surface area contributed by atoms with Crippen molar-refractivity contribution in [3.63, 3.8) is 0 Å². The largest absolute Gasteiger partial charge is 0.394 e. The van der Waals surface area contributed by atoms with Gasteiger partial charge in [-0.15, -0.1) is 0 Å². The lowest BCUT2D eigenvalue weighted by Crippen LogP contribution is -2.65. The SMILES string of the molecule is CC(C)=CCC[C@](C)(O)[C@H]1CC[C@]2(C)[C@@H]1CC[C@@H]1[C@@]3(C)CCC(O[C@H]4C(O)O[C@H](CO)[C@@H](O)[C@@H]4O)C(C)(C)[C@@H]3CC[C@]12C. The maximum atomic E-state index is 11.8. The smallest absolute Gasteiger partial charge is 0.184 e. The second-order valence-corrected chi connectivity index (χ2v) is 17.2. The predicted molar refractivity (Wildman–Crippen MR) is 167 cm³/mol. The molecular weight excluding hydrogens is 544 g/mol. The van der Waals surface area contributed by atoms with Gasteiger partial charge in [-0.1, -0.05) is 46.3 Å². The number of rotatable bonds is 7. The molecule has 1 aliphatic heterocycles. The van der Waals surface area contributed by atoms with E-state index in [1.165, 1.54) is 31.3 Å². The van der Waals surface area contributed by atoms with Crippen LogP contribution in [-0.2, 0) is 9.47 Å².